The molecule has 0 spiro atoms. The Morgan fingerprint density at radius 2 is 2.17 bits per heavy atom. The number of rotatable bonds is 6. The van der Waals surface area contributed by atoms with Crippen LogP contribution in [0.5, 0.6) is 0 Å². The van der Waals surface area contributed by atoms with Gasteiger partial charge in [-0.15, -0.1) is 0 Å². The van der Waals surface area contributed by atoms with Gasteiger partial charge in [0, 0.05) is 19.2 Å². The van der Waals surface area contributed by atoms with E-state index in [9.17, 15) is 14.9 Å². The molecule has 0 aromatic heterocycles. The summed E-state index contributed by atoms with van der Waals surface area (Å²) in [6.07, 6.45) is 0. The van der Waals surface area contributed by atoms with Gasteiger partial charge in [-0.25, -0.2) is 0 Å². The first kappa shape index (κ1) is 14.4. The molecule has 0 bridgehead atoms. The molecule has 1 rings (SSSR count). The number of amides is 1. The first-order valence-corrected chi connectivity index (χ1v) is 5.87. The highest BCUT2D eigenvalue weighted by atomic mass is 35.5. The summed E-state index contributed by atoms with van der Waals surface area (Å²) in [5.74, 6) is -0.537. The van der Waals surface area contributed by atoms with Crippen molar-refractivity contribution in [2.75, 3.05) is 19.6 Å². The molecule has 0 saturated carbocycles. The van der Waals surface area contributed by atoms with Crippen LogP contribution in [0.15, 0.2) is 18.2 Å². The molecular weight excluding hydrogens is 258 g/mol. The smallest absolute Gasteiger partial charge is 0.283 e. The number of halogens is 1. The molecule has 0 aliphatic heterocycles. The van der Waals surface area contributed by atoms with Crippen LogP contribution in [0.3, 0.4) is 0 Å². The lowest BCUT2D eigenvalue weighted by Crippen LogP contribution is -2.32. The molecule has 0 radical (unpaired) electrons. The number of benzene rings is 1. The van der Waals surface area contributed by atoms with E-state index in [2.05, 4.69) is 10.6 Å². The van der Waals surface area contributed by atoms with Crippen LogP contribution in [0.25, 0.3) is 0 Å². The van der Waals surface area contributed by atoms with E-state index in [1.165, 1.54) is 18.2 Å². The van der Waals surface area contributed by atoms with Gasteiger partial charge in [0.05, 0.1) is 9.95 Å². The van der Waals surface area contributed by atoms with Crippen molar-refractivity contribution >= 4 is 23.2 Å². The molecule has 1 aromatic rings. The SMILES string of the molecule is CCNCCNC(=O)c1c(Cl)cccc1[N+](=O)[O-]. The lowest BCUT2D eigenvalue weighted by molar-refractivity contribution is -0.385. The summed E-state index contributed by atoms with van der Waals surface area (Å²) in [6, 6.07) is 4.15. The van der Waals surface area contributed by atoms with E-state index in [0.717, 1.165) is 6.54 Å². The third-order valence-electron chi connectivity index (χ3n) is 2.25. The van der Waals surface area contributed by atoms with E-state index in [1.54, 1.807) is 0 Å². The van der Waals surface area contributed by atoms with Gasteiger partial charge in [0.1, 0.15) is 5.56 Å². The molecule has 2 N–H and O–H groups in total. The molecule has 0 aliphatic rings. The molecule has 6 nitrogen and oxygen atoms in total. The molecule has 1 amide bonds. The molecule has 0 fully saturated rings. The van der Waals surface area contributed by atoms with Gasteiger partial charge in [0.25, 0.3) is 11.6 Å². The van der Waals surface area contributed by atoms with Crippen LogP contribution in [0.2, 0.25) is 5.02 Å². The maximum absolute atomic E-state index is 11.8. The average molecular weight is 272 g/mol. The van der Waals surface area contributed by atoms with Crippen molar-refractivity contribution in [2.24, 2.45) is 0 Å². The first-order chi connectivity index (χ1) is 8.57. The predicted molar refractivity (Wildman–Crippen MR) is 69.0 cm³/mol. The molecule has 98 valence electrons. The fraction of sp³-hybridized carbons (Fsp3) is 0.364. The van der Waals surface area contributed by atoms with Crippen molar-refractivity contribution in [2.45, 2.75) is 6.92 Å². The number of hydrogen-bond acceptors (Lipinski definition) is 4. The number of nitrogens with one attached hydrogen (secondary N) is 2. The number of nitro benzene ring substituents is 1. The number of carbonyl (C=O) groups is 1. The molecule has 0 atom stereocenters. The average Bonchev–Trinajstić information content (AvgIpc) is 2.34. The second kappa shape index (κ2) is 6.93. The zero-order chi connectivity index (χ0) is 13.5. The van der Waals surface area contributed by atoms with Gasteiger partial charge >= 0.3 is 0 Å². The highest BCUT2D eigenvalue weighted by Crippen LogP contribution is 2.25. The predicted octanol–water partition coefficient (Wildman–Crippen LogP) is 1.59. The van der Waals surface area contributed by atoms with Crippen LogP contribution in [-0.2, 0) is 0 Å². The summed E-state index contributed by atoms with van der Waals surface area (Å²) in [5, 5.41) is 16.5. The van der Waals surface area contributed by atoms with Crippen molar-refractivity contribution in [3.63, 3.8) is 0 Å². The molecule has 7 heteroatoms. The summed E-state index contributed by atoms with van der Waals surface area (Å²) >= 11 is 5.83. The summed E-state index contributed by atoms with van der Waals surface area (Å²) in [4.78, 5) is 22.0. The maximum Gasteiger partial charge on any atom is 0.283 e. The second-order valence-electron chi connectivity index (χ2n) is 3.50. The molecule has 0 heterocycles. The van der Waals surface area contributed by atoms with Gasteiger partial charge in [0.2, 0.25) is 0 Å². The molecule has 18 heavy (non-hydrogen) atoms. The molecule has 0 unspecified atom stereocenters. The Balaban J connectivity index is 2.81. The number of hydrogen-bond donors (Lipinski definition) is 2. The third kappa shape index (κ3) is 3.68. The standard InChI is InChI=1S/C11H14ClN3O3/c1-2-13-6-7-14-11(16)10-8(12)4-3-5-9(10)15(17)18/h3-5,13H,2,6-7H2,1H3,(H,14,16). The number of nitro groups is 1. The van der Waals surface area contributed by atoms with Crippen molar-refractivity contribution in [3.05, 3.63) is 38.9 Å². The summed E-state index contributed by atoms with van der Waals surface area (Å²) in [5.41, 5.74) is -0.385. The second-order valence-corrected chi connectivity index (χ2v) is 3.91. The molecular formula is C11H14ClN3O3. The van der Waals surface area contributed by atoms with Gasteiger partial charge in [-0.05, 0) is 12.6 Å². The number of carbonyl (C=O) groups excluding carboxylic acids is 1. The van der Waals surface area contributed by atoms with E-state index >= 15 is 0 Å². The molecule has 1 aromatic carbocycles. The van der Waals surface area contributed by atoms with Crippen LogP contribution in [-0.4, -0.2) is 30.5 Å². The topological polar surface area (TPSA) is 84.3 Å². The fourth-order valence-corrected chi connectivity index (χ4v) is 1.67. The Labute approximate surface area is 109 Å². The monoisotopic (exact) mass is 271 g/mol. The third-order valence-corrected chi connectivity index (χ3v) is 2.57. The largest absolute Gasteiger partial charge is 0.350 e. The van der Waals surface area contributed by atoms with Crippen LogP contribution >= 0.6 is 11.6 Å². The maximum atomic E-state index is 11.8. The lowest BCUT2D eigenvalue weighted by Gasteiger charge is -2.07. The highest BCUT2D eigenvalue weighted by Gasteiger charge is 2.22. The molecule has 0 aliphatic carbocycles. The van der Waals surface area contributed by atoms with Gasteiger partial charge < -0.3 is 10.6 Å². The Morgan fingerprint density at radius 1 is 1.44 bits per heavy atom. The zero-order valence-corrected chi connectivity index (χ0v) is 10.7. The number of likely N-dealkylation sites (N-methyl/N-ethyl adjacent to an activating group) is 1. The Bertz CT molecular complexity index is 451. The Hall–Kier alpha value is -1.66. The van der Waals surface area contributed by atoms with Crippen LogP contribution in [0, 0.1) is 10.1 Å². The van der Waals surface area contributed by atoms with Crippen molar-refractivity contribution < 1.29 is 9.72 Å². The summed E-state index contributed by atoms with van der Waals surface area (Å²) < 4.78 is 0. The minimum Gasteiger partial charge on any atom is -0.350 e. The van der Waals surface area contributed by atoms with Gasteiger partial charge in [0.15, 0.2) is 0 Å². The van der Waals surface area contributed by atoms with Crippen LogP contribution in [0.4, 0.5) is 5.69 Å². The normalized spacial score (nSPS) is 10.1. The summed E-state index contributed by atoms with van der Waals surface area (Å²) in [6.45, 7) is 3.72. The Kier molecular flexibility index (Phi) is 5.54. The van der Waals surface area contributed by atoms with Crippen LogP contribution < -0.4 is 10.6 Å². The van der Waals surface area contributed by atoms with E-state index in [0.29, 0.717) is 13.1 Å². The van der Waals surface area contributed by atoms with Gasteiger partial charge in [-0.2, -0.15) is 0 Å². The van der Waals surface area contributed by atoms with E-state index in [1.807, 2.05) is 6.92 Å². The zero-order valence-electron chi connectivity index (χ0n) is 9.90. The minimum absolute atomic E-state index is 0.0742. The highest BCUT2D eigenvalue weighted by molar-refractivity contribution is 6.34. The van der Waals surface area contributed by atoms with Gasteiger partial charge in [-0.3, -0.25) is 14.9 Å². The quantitative estimate of drug-likeness (QED) is 0.467. The number of nitrogens with zero attached hydrogens (tertiary/aromatic N) is 1. The van der Waals surface area contributed by atoms with Crippen LogP contribution in [0.1, 0.15) is 17.3 Å². The van der Waals surface area contributed by atoms with Crippen molar-refractivity contribution in [1.82, 2.24) is 10.6 Å². The van der Waals surface area contributed by atoms with Crippen molar-refractivity contribution in [1.29, 1.82) is 0 Å². The minimum atomic E-state index is -0.620. The first-order valence-electron chi connectivity index (χ1n) is 5.49. The molecule has 0 saturated heterocycles. The van der Waals surface area contributed by atoms with E-state index < -0.39 is 10.8 Å². The van der Waals surface area contributed by atoms with E-state index in [-0.39, 0.29) is 16.3 Å². The summed E-state index contributed by atoms with van der Waals surface area (Å²) in [7, 11) is 0. The van der Waals surface area contributed by atoms with E-state index in [4.69, 9.17) is 11.6 Å². The fourth-order valence-electron chi connectivity index (χ4n) is 1.42. The van der Waals surface area contributed by atoms with Crippen molar-refractivity contribution in [3.8, 4) is 0 Å². The lowest BCUT2D eigenvalue weighted by atomic mass is 10.1. The Morgan fingerprint density at radius 3 is 2.78 bits per heavy atom. The van der Waals surface area contributed by atoms with Gasteiger partial charge in [-0.1, -0.05) is 24.6 Å².